The highest BCUT2D eigenvalue weighted by molar-refractivity contribution is 7.97. The van der Waals surface area contributed by atoms with Crippen LogP contribution < -0.4 is 0 Å². The molecular weight excluding hydrogens is 361 g/mol. The molecule has 0 aliphatic heterocycles. The number of rotatable bonds is 7. The average molecular weight is 381 g/mol. The fourth-order valence-electron chi connectivity index (χ4n) is 2.62. The number of hydrogen-bond donors (Lipinski definition) is 1. The predicted molar refractivity (Wildman–Crippen MR) is 106 cm³/mol. The van der Waals surface area contributed by atoms with E-state index in [1.165, 1.54) is 17.7 Å². The lowest BCUT2D eigenvalue weighted by atomic mass is 10.1. The van der Waals surface area contributed by atoms with E-state index in [0.717, 1.165) is 16.0 Å². The first-order valence-electron chi connectivity index (χ1n) is 8.56. The monoisotopic (exact) mass is 381 g/mol. The summed E-state index contributed by atoms with van der Waals surface area (Å²) in [5.41, 5.74) is 3.50. The van der Waals surface area contributed by atoms with E-state index in [0.29, 0.717) is 13.1 Å². The summed E-state index contributed by atoms with van der Waals surface area (Å²) < 4.78 is 15.4. The molecule has 0 spiro atoms. The first kappa shape index (κ1) is 19.1. The van der Waals surface area contributed by atoms with Crippen LogP contribution in [0.3, 0.4) is 0 Å². The van der Waals surface area contributed by atoms with Crippen molar-refractivity contribution in [3.05, 3.63) is 101 Å². The fourth-order valence-corrected chi connectivity index (χ4v) is 3.60. The number of halogens is 1. The Hall–Kier alpha value is -2.63. The van der Waals surface area contributed by atoms with Gasteiger partial charge in [0.25, 0.3) is 0 Å². The van der Waals surface area contributed by atoms with Crippen LogP contribution in [0.2, 0.25) is 0 Å². The van der Waals surface area contributed by atoms with Gasteiger partial charge in [-0.25, -0.2) is 13.5 Å². The fraction of sp³-hybridized carbons (Fsp3) is 0.136. The Kier molecular flexibility index (Phi) is 6.27. The first-order valence-corrected chi connectivity index (χ1v) is 9.33. The van der Waals surface area contributed by atoms with Crippen LogP contribution >= 0.6 is 11.9 Å². The van der Waals surface area contributed by atoms with Crippen molar-refractivity contribution in [2.24, 2.45) is 0 Å². The Labute approximate surface area is 162 Å². The van der Waals surface area contributed by atoms with E-state index < -0.39 is 5.97 Å². The van der Waals surface area contributed by atoms with Crippen LogP contribution in [0.5, 0.6) is 0 Å². The summed E-state index contributed by atoms with van der Waals surface area (Å²) in [5.74, 6) is -1.18. The molecule has 0 aliphatic rings. The third-order valence-corrected chi connectivity index (χ3v) is 5.09. The van der Waals surface area contributed by atoms with Gasteiger partial charge < -0.3 is 5.11 Å². The molecule has 27 heavy (non-hydrogen) atoms. The average Bonchev–Trinajstić information content (AvgIpc) is 2.66. The van der Waals surface area contributed by atoms with Crippen molar-refractivity contribution in [3.8, 4) is 0 Å². The second-order valence-corrected chi connectivity index (χ2v) is 7.50. The molecule has 3 aromatic carbocycles. The summed E-state index contributed by atoms with van der Waals surface area (Å²) in [7, 11) is 0. The van der Waals surface area contributed by atoms with E-state index in [1.54, 1.807) is 36.2 Å². The number of aromatic carboxylic acids is 1. The van der Waals surface area contributed by atoms with Crippen LogP contribution in [0.15, 0.2) is 77.7 Å². The van der Waals surface area contributed by atoms with Crippen LogP contribution in [-0.2, 0) is 13.1 Å². The molecule has 3 rings (SSSR count). The van der Waals surface area contributed by atoms with Gasteiger partial charge in [-0.15, -0.1) is 0 Å². The summed E-state index contributed by atoms with van der Waals surface area (Å²) in [6.45, 7) is 3.32. The van der Waals surface area contributed by atoms with Crippen molar-refractivity contribution in [2.45, 2.75) is 24.9 Å². The molecular formula is C22H20FNO2S. The van der Waals surface area contributed by atoms with Gasteiger partial charge in [-0.2, -0.15) is 0 Å². The van der Waals surface area contributed by atoms with Gasteiger partial charge in [-0.1, -0.05) is 42.0 Å². The molecule has 0 bridgehead atoms. The van der Waals surface area contributed by atoms with Gasteiger partial charge in [0.05, 0.1) is 5.56 Å². The van der Waals surface area contributed by atoms with Crippen LogP contribution in [0.25, 0.3) is 0 Å². The topological polar surface area (TPSA) is 40.5 Å². The standard InChI is InChI=1S/C22H20FNO2S/c1-16-2-12-21(13-3-16)27-24(15-18-6-10-20(23)11-7-18)14-17-4-8-19(9-5-17)22(25)26/h2-13H,14-15H2,1H3,(H,25,26). The maximum atomic E-state index is 13.2. The Morgan fingerprint density at radius 1 is 0.889 bits per heavy atom. The zero-order chi connectivity index (χ0) is 19.2. The second-order valence-electron chi connectivity index (χ2n) is 6.33. The lowest BCUT2D eigenvalue weighted by molar-refractivity contribution is 0.0697. The Balaban J connectivity index is 1.78. The van der Waals surface area contributed by atoms with Crippen molar-refractivity contribution < 1.29 is 14.3 Å². The molecule has 0 radical (unpaired) electrons. The molecule has 0 atom stereocenters. The van der Waals surface area contributed by atoms with Gasteiger partial charge in [-0.05, 0) is 66.4 Å². The third kappa shape index (κ3) is 5.67. The highest BCUT2D eigenvalue weighted by Gasteiger charge is 2.11. The molecule has 0 saturated heterocycles. The minimum absolute atomic E-state index is 0.249. The molecule has 0 aromatic heterocycles. The summed E-state index contributed by atoms with van der Waals surface area (Å²) in [6, 6.07) is 21.7. The minimum atomic E-state index is -0.932. The number of nitrogens with zero attached hydrogens (tertiary/aromatic N) is 1. The third-order valence-electron chi connectivity index (χ3n) is 4.09. The van der Waals surface area contributed by atoms with E-state index in [-0.39, 0.29) is 11.4 Å². The summed E-state index contributed by atoms with van der Waals surface area (Å²) in [5, 5.41) is 9.05. The highest BCUT2D eigenvalue weighted by Crippen LogP contribution is 2.27. The molecule has 138 valence electrons. The Morgan fingerprint density at radius 2 is 1.41 bits per heavy atom. The van der Waals surface area contributed by atoms with Gasteiger partial charge in [-0.3, -0.25) is 0 Å². The number of carboxylic acids is 1. The highest BCUT2D eigenvalue weighted by atomic mass is 32.2. The van der Waals surface area contributed by atoms with Gasteiger partial charge >= 0.3 is 5.97 Å². The molecule has 3 nitrogen and oxygen atoms in total. The Morgan fingerprint density at radius 3 is 1.93 bits per heavy atom. The van der Waals surface area contributed by atoms with E-state index in [2.05, 4.69) is 35.5 Å². The molecule has 0 heterocycles. The molecule has 0 fully saturated rings. The number of carbonyl (C=O) groups is 1. The molecule has 0 aliphatic carbocycles. The van der Waals surface area contributed by atoms with Crippen molar-refractivity contribution in [1.82, 2.24) is 4.31 Å². The van der Waals surface area contributed by atoms with Crippen LogP contribution in [-0.4, -0.2) is 15.4 Å². The lowest BCUT2D eigenvalue weighted by Gasteiger charge is -2.21. The van der Waals surface area contributed by atoms with E-state index >= 15 is 0 Å². The van der Waals surface area contributed by atoms with Crippen molar-refractivity contribution in [2.75, 3.05) is 0 Å². The number of carboxylic acid groups (broad SMARTS) is 1. The van der Waals surface area contributed by atoms with Crippen LogP contribution in [0.4, 0.5) is 4.39 Å². The molecule has 5 heteroatoms. The molecule has 0 unspecified atom stereocenters. The largest absolute Gasteiger partial charge is 0.478 e. The normalized spacial score (nSPS) is 10.9. The van der Waals surface area contributed by atoms with Crippen molar-refractivity contribution in [3.63, 3.8) is 0 Å². The second kappa shape index (κ2) is 8.84. The zero-order valence-corrected chi connectivity index (χ0v) is 15.7. The van der Waals surface area contributed by atoms with Gasteiger partial charge in [0.2, 0.25) is 0 Å². The van der Waals surface area contributed by atoms with Crippen LogP contribution in [0, 0.1) is 12.7 Å². The summed E-state index contributed by atoms with van der Waals surface area (Å²) in [6.07, 6.45) is 0. The van der Waals surface area contributed by atoms with Crippen LogP contribution in [0.1, 0.15) is 27.0 Å². The SMILES string of the molecule is Cc1ccc(SN(Cc2ccc(F)cc2)Cc2ccc(C(=O)O)cc2)cc1. The van der Waals surface area contributed by atoms with Crippen molar-refractivity contribution >= 4 is 17.9 Å². The van der Waals surface area contributed by atoms with E-state index in [9.17, 15) is 9.18 Å². The van der Waals surface area contributed by atoms with Gasteiger partial charge in [0, 0.05) is 18.0 Å². The van der Waals surface area contributed by atoms with Gasteiger partial charge in [0.1, 0.15) is 5.82 Å². The van der Waals surface area contributed by atoms with E-state index in [1.807, 2.05) is 12.1 Å². The molecule has 3 aromatic rings. The summed E-state index contributed by atoms with van der Waals surface area (Å²) in [4.78, 5) is 12.1. The number of benzene rings is 3. The number of hydrogen-bond acceptors (Lipinski definition) is 3. The lowest BCUT2D eigenvalue weighted by Crippen LogP contribution is -2.15. The van der Waals surface area contributed by atoms with Gasteiger partial charge in [0.15, 0.2) is 0 Å². The quantitative estimate of drug-likeness (QED) is 0.546. The zero-order valence-electron chi connectivity index (χ0n) is 14.9. The molecule has 0 amide bonds. The first-order chi connectivity index (χ1) is 13.0. The predicted octanol–water partition coefficient (Wildman–Crippen LogP) is 5.54. The maximum absolute atomic E-state index is 13.2. The molecule has 0 saturated carbocycles. The minimum Gasteiger partial charge on any atom is -0.478 e. The summed E-state index contributed by atoms with van der Waals surface area (Å²) >= 11 is 1.63. The Bertz CT molecular complexity index is 846. The maximum Gasteiger partial charge on any atom is 0.335 e. The van der Waals surface area contributed by atoms with Crippen molar-refractivity contribution in [1.29, 1.82) is 0 Å². The van der Waals surface area contributed by atoms with E-state index in [4.69, 9.17) is 5.11 Å². The smallest absolute Gasteiger partial charge is 0.335 e. The molecule has 1 N–H and O–H groups in total. The number of aryl methyl sites for hydroxylation is 1.